The van der Waals surface area contributed by atoms with Crippen molar-refractivity contribution in [3.63, 3.8) is 0 Å². The Bertz CT molecular complexity index is 196. The molecule has 14 heavy (non-hydrogen) atoms. The van der Waals surface area contributed by atoms with Gasteiger partial charge in [-0.1, -0.05) is 0 Å². The number of hydrogen-bond donors (Lipinski definition) is 1. The molecule has 0 aliphatic carbocycles. The van der Waals surface area contributed by atoms with E-state index in [1.54, 1.807) is 0 Å². The Kier molecular flexibility index (Phi) is 4.35. The van der Waals surface area contributed by atoms with Gasteiger partial charge in [0.25, 0.3) is 0 Å². The van der Waals surface area contributed by atoms with E-state index in [0.717, 1.165) is 26.1 Å². The van der Waals surface area contributed by atoms with Crippen molar-refractivity contribution in [1.29, 1.82) is 0 Å². The zero-order valence-electron chi connectivity index (χ0n) is 9.42. The summed E-state index contributed by atoms with van der Waals surface area (Å²) in [7, 11) is 3.93. The van der Waals surface area contributed by atoms with E-state index >= 15 is 0 Å². The second-order valence-corrected chi connectivity index (χ2v) is 4.12. The van der Waals surface area contributed by atoms with E-state index in [9.17, 15) is 4.79 Å². The van der Waals surface area contributed by atoms with E-state index in [0.29, 0.717) is 12.6 Å². The number of hydrogen-bond acceptors (Lipinski definition) is 3. The average molecular weight is 199 g/mol. The molecular formula is C10H21N3O. The fourth-order valence-corrected chi connectivity index (χ4v) is 1.68. The highest BCUT2D eigenvalue weighted by Crippen LogP contribution is 2.03. The van der Waals surface area contributed by atoms with E-state index in [4.69, 9.17) is 0 Å². The van der Waals surface area contributed by atoms with Crippen LogP contribution < -0.4 is 5.32 Å². The first kappa shape index (κ1) is 11.5. The summed E-state index contributed by atoms with van der Waals surface area (Å²) in [6.45, 7) is 5.41. The minimum atomic E-state index is 0.257. The number of rotatable bonds is 3. The average Bonchev–Trinajstić information content (AvgIpc) is 2.29. The first-order valence-corrected chi connectivity index (χ1v) is 5.27. The Labute approximate surface area is 86.2 Å². The van der Waals surface area contributed by atoms with Crippen LogP contribution >= 0.6 is 0 Å². The molecule has 0 aromatic heterocycles. The van der Waals surface area contributed by atoms with Gasteiger partial charge in [0.05, 0.1) is 6.54 Å². The second kappa shape index (κ2) is 5.32. The van der Waals surface area contributed by atoms with Crippen molar-refractivity contribution < 1.29 is 4.79 Å². The van der Waals surface area contributed by atoms with Gasteiger partial charge in [0.15, 0.2) is 0 Å². The lowest BCUT2D eigenvalue weighted by Gasteiger charge is -2.24. The molecule has 0 saturated carbocycles. The third kappa shape index (κ3) is 3.27. The summed E-state index contributed by atoms with van der Waals surface area (Å²) in [6.07, 6.45) is 1.08. The molecular weight excluding hydrogens is 178 g/mol. The number of carbonyl (C=O) groups is 1. The van der Waals surface area contributed by atoms with Crippen LogP contribution in [0.2, 0.25) is 0 Å². The fourth-order valence-electron chi connectivity index (χ4n) is 1.68. The molecule has 1 aliphatic heterocycles. The van der Waals surface area contributed by atoms with Gasteiger partial charge < -0.3 is 10.2 Å². The summed E-state index contributed by atoms with van der Waals surface area (Å²) in [4.78, 5) is 15.8. The van der Waals surface area contributed by atoms with E-state index in [2.05, 4.69) is 17.1 Å². The predicted molar refractivity (Wildman–Crippen MR) is 57.2 cm³/mol. The maximum atomic E-state index is 11.7. The Morgan fingerprint density at radius 1 is 1.50 bits per heavy atom. The van der Waals surface area contributed by atoms with Crippen LogP contribution in [0.3, 0.4) is 0 Å². The molecule has 1 atom stereocenters. The van der Waals surface area contributed by atoms with Crippen molar-refractivity contribution in [3.05, 3.63) is 0 Å². The summed E-state index contributed by atoms with van der Waals surface area (Å²) in [5.41, 5.74) is 0. The Hall–Kier alpha value is -0.610. The molecule has 1 fully saturated rings. The van der Waals surface area contributed by atoms with E-state index in [1.807, 2.05) is 19.0 Å². The molecule has 4 heteroatoms. The highest BCUT2D eigenvalue weighted by atomic mass is 16.2. The fraction of sp³-hybridized carbons (Fsp3) is 0.900. The van der Waals surface area contributed by atoms with Gasteiger partial charge in [-0.25, -0.2) is 0 Å². The van der Waals surface area contributed by atoms with Gasteiger partial charge in [-0.05, 0) is 27.4 Å². The lowest BCUT2D eigenvalue weighted by molar-refractivity contribution is -0.131. The first-order chi connectivity index (χ1) is 6.63. The van der Waals surface area contributed by atoms with Gasteiger partial charge in [0, 0.05) is 25.7 Å². The van der Waals surface area contributed by atoms with Gasteiger partial charge in [0.2, 0.25) is 5.91 Å². The van der Waals surface area contributed by atoms with Crippen molar-refractivity contribution >= 4 is 5.91 Å². The van der Waals surface area contributed by atoms with Crippen LogP contribution in [0, 0.1) is 0 Å². The molecule has 0 aromatic carbocycles. The van der Waals surface area contributed by atoms with Crippen LogP contribution in [0.5, 0.6) is 0 Å². The van der Waals surface area contributed by atoms with Crippen molar-refractivity contribution in [1.82, 2.24) is 15.1 Å². The minimum absolute atomic E-state index is 0.257. The topological polar surface area (TPSA) is 35.6 Å². The largest absolute Gasteiger partial charge is 0.340 e. The molecule has 0 radical (unpaired) electrons. The molecule has 1 amide bonds. The van der Waals surface area contributed by atoms with E-state index < -0.39 is 0 Å². The Morgan fingerprint density at radius 3 is 2.86 bits per heavy atom. The summed E-state index contributed by atoms with van der Waals surface area (Å²) in [6, 6.07) is 0.377. The predicted octanol–water partition coefficient (Wildman–Crippen LogP) is -0.242. The molecule has 1 aliphatic rings. The normalized spacial score (nSPS) is 22.2. The maximum Gasteiger partial charge on any atom is 0.236 e. The number of nitrogens with one attached hydrogen (secondary N) is 1. The monoisotopic (exact) mass is 199 g/mol. The van der Waals surface area contributed by atoms with Crippen LogP contribution in [0.1, 0.15) is 13.3 Å². The Balaban J connectivity index is 2.46. The maximum absolute atomic E-state index is 11.7. The summed E-state index contributed by atoms with van der Waals surface area (Å²) in [5, 5.41) is 3.16. The standard InChI is InChI=1S/C10H21N3O/c1-9(11-2)7-13-6-4-5-12(3)8-10(13)14/h9,11H,4-8H2,1-3H3. The zero-order chi connectivity index (χ0) is 10.6. The number of carbonyl (C=O) groups excluding carboxylic acids is 1. The molecule has 1 heterocycles. The minimum Gasteiger partial charge on any atom is -0.340 e. The SMILES string of the molecule is CNC(C)CN1CCCN(C)CC1=O. The number of amides is 1. The van der Waals surface area contributed by atoms with Crippen molar-refractivity contribution in [2.24, 2.45) is 0 Å². The summed E-state index contributed by atoms with van der Waals surface area (Å²) >= 11 is 0. The van der Waals surface area contributed by atoms with Crippen LogP contribution in [-0.2, 0) is 4.79 Å². The quantitative estimate of drug-likeness (QED) is 0.681. The van der Waals surface area contributed by atoms with Gasteiger partial charge >= 0.3 is 0 Å². The molecule has 4 nitrogen and oxygen atoms in total. The second-order valence-electron chi connectivity index (χ2n) is 4.12. The number of likely N-dealkylation sites (N-methyl/N-ethyl adjacent to an activating group) is 2. The summed E-state index contributed by atoms with van der Waals surface area (Å²) in [5.74, 6) is 0.257. The molecule has 1 unspecified atom stereocenters. The van der Waals surface area contributed by atoms with Crippen LogP contribution in [0.4, 0.5) is 0 Å². The lowest BCUT2D eigenvalue weighted by Crippen LogP contribution is -2.42. The van der Waals surface area contributed by atoms with E-state index in [1.165, 1.54) is 0 Å². The molecule has 0 aromatic rings. The van der Waals surface area contributed by atoms with Gasteiger partial charge in [-0.3, -0.25) is 9.69 Å². The van der Waals surface area contributed by atoms with Crippen LogP contribution in [0.25, 0.3) is 0 Å². The number of nitrogens with zero attached hydrogens (tertiary/aromatic N) is 2. The Morgan fingerprint density at radius 2 is 2.21 bits per heavy atom. The molecule has 0 bridgehead atoms. The molecule has 0 spiro atoms. The van der Waals surface area contributed by atoms with Crippen molar-refractivity contribution in [2.45, 2.75) is 19.4 Å². The van der Waals surface area contributed by atoms with Crippen molar-refractivity contribution in [2.75, 3.05) is 40.3 Å². The van der Waals surface area contributed by atoms with Gasteiger partial charge in [-0.2, -0.15) is 0 Å². The van der Waals surface area contributed by atoms with Gasteiger partial charge in [-0.15, -0.1) is 0 Å². The third-order valence-electron chi connectivity index (χ3n) is 2.71. The molecule has 1 N–H and O–H groups in total. The molecule has 1 rings (SSSR count). The summed E-state index contributed by atoms with van der Waals surface area (Å²) < 4.78 is 0. The lowest BCUT2D eigenvalue weighted by atomic mass is 10.3. The third-order valence-corrected chi connectivity index (χ3v) is 2.71. The van der Waals surface area contributed by atoms with Gasteiger partial charge in [0.1, 0.15) is 0 Å². The van der Waals surface area contributed by atoms with E-state index in [-0.39, 0.29) is 5.91 Å². The van der Waals surface area contributed by atoms with Crippen LogP contribution in [0.15, 0.2) is 0 Å². The van der Waals surface area contributed by atoms with Crippen LogP contribution in [-0.4, -0.2) is 62.0 Å². The first-order valence-electron chi connectivity index (χ1n) is 5.27. The highest BCUT2D eigenvalue weighted by Gasteiger charge is 2.20. The molecule has 1 saturated heterocycles. The van der Waals surface area contributed by atoms with Crippen molar-refractivity contribution in [3.8, 4) is 0 Å². The highest BCUT2D eigenvalue weighted by molar-refractivity contribution is 5.78. The smallest absolute Gasteiger partial charge is 0.236 e. The zero-order valence-corrected chi connectivity index (χ0v) is 9.42. The molecule has 82 valence electrons.